The first kappa shape index (κ1) is 20.4. The number of carbonyl (C=O) groups is 1. The number of anilines is 1. The van der Waals surface area contributed by atoms with E-state index in [1.165, 1.54) is 11.4 Å². The zero-order valence-corrected chi connectivity index (χ0v) is 17.3. The van der Waals surface area contributed by atoms with Crippen molar-refractivity contribution in [2.24, 2.45) is 5.92 Å². The number of ether oxygens (including phenoxy) is 1. The molecule has 0 radical (unpaired) electrons. The molecule has 1 amide bonds. The summed E-state index contributed by atoms with van der Waals surface area (Å²) < 4.78 is 7.57. The van der Waals surface area contributed by atoms with Crippen LogP contribution in [-0.4, -0.2) is 48.3 Å². The van der Waals surface area contributed by atoms with E-state index < -0.39 is 0 Å². The Balaban J connectivity index is 1.59. The lowest BCUT2D eigenvalue weighted by Gasteiger charge is -2.33. The average molecular weight is 385 g/mol. The molecule has 1 saturated heterocycles. The number of aryl methyl sites for hydroxylation is 2. The second-order valence-corrected chi connectivity index (χ2v) is 7.40. The first-order chi connectivity index (χ1) is 13.6. The van der Waals surface area contributed by atoms with Gasteiger partial charge in [-0.1, -0.05) is 0 Å². The highest BCUT2D eigenvalue weighted by molar-refractivity contribution is 5.79. The number of amides is 1. The number of nitrogens with one attached hydrogen (secondary N) is 1. The minimum absolute atomic E-state index is 0.0885. The zero-order chi connectivity index (χ0) is 19.9. The molecule has 3 rings (SSSR count). The molecule has 0 bridgehead atoms. The topological polar surface area (TPSA) is 59.4 Å². The van der Waals surface area contributed by atoms with Gasteiger partial charge >= 0.3 is 0 Å². The van der Waals surface area contributed by atoms with E-state index in [0.717, 1.165) is 50.5 Å². The molecule has 0 unspecified atom stereocenters. The maximum absolute atomic E-state index is 12.4. The third-order valence-corrected chi connectivity index (χ3v) is 5.41. The van der Waals surface area contributed by atoms with Gasteiger partial charge in [0.05, 0.1) is 5.69 Å². The van der Waals surface area contributed by atoms with Gasteiger partial charge < -0.3 is 19.5 Å². The zero-order valence-electron chi connectivity index (χ0n) is 17.3. The van der Waals surface area contributed by atoms with Crippen LogP contribution < -0.4 is 10.2 Å². The highest BCUT2D eigenvalue weighted by Gasteiger charge is 2.27. The Morgan fingerprint density at radius 2 is 1.93 bits per heavy atom. The predicted molar refractivity (Wildman–Crippen MR) is 112 cm³/mol. The van der Waals surface area contributed by atoms with Gasteiger partial charge in [-0.15, -0.1) is 0 Å². The summed E-state index contributed by atoms with van der Waals surface area (Å²) in [5.74, 6) is 1.26. The molecule has 3 heterocycles. The Labute approximate surface area is 167 Å². The molecule has 1 fully saturated rings. The quantitative estimate of drug-likeness (QED) is 0.710. The summed E-state index contributed by atoms with van der Waals surface area (Å²) >= 11 is 0. The second kappa shape index (κ2) is 9.73. The fourth-order valence-corrected chi connectivity index (χ4v) is 3.88. The molecule has 6 heteroatoms. The van der Waals surface area contributed by atoms with Crippen molar-refractivity contribution in [3.63, 3.8) is 0 Å². The molecule has 0 saturated carbocycles. The molecule has 1 aliphatic heterocycles. The van der Waals surface area contributed by atoms with Crippen LogP contribution in [0.5, 0.6) is 0 Å². The standard InChI is InChI=1S/C22H32N4O2/c1-4-28-16-6-13-24-22(27)19-10-14-25(15-11-19)21-20(7-5-12-23-21)26-17(2)8-9-18(26)3/h5,7-9,12,19H,4,6,10-11,13-16H2,1-3H3,(H,24,27). The Bertz CT molecular complexity index is 759. The van der Waals surface area contributed by atoms with E-state index in [0.29, 0.717) is 13.2 Å². The number of pyridine rings is 1. The number of piperidine rings is 1. The number of rotatable bonds is 8. The average Bonchev–Trinajstić information content (AvgIpc) is 3.06. The third-order valence-electron chi connectivity index (χ3n) is 5.41. The summed E-state index contributed by atoms with van der Waals surface area (Å²) in [6.07, 6.45) is 4.43. The van der Waals surface area contributed by atoms with Gasteiger partial charge in [0.15, 0.2) is 5.82 Å². The van der Waals surface area contributed by atoms with Gasteiger partial charge in [0.2, 0.25) is 5.91 Å². The highest BCUT2D eigenvalue weighted by Crippen LogP contribution is 2.29. The largest absolute Gasteiger partial charge is 0.382 e. The summed E-state index contributed by atoms with van der Waals surface area (Å²) in [5, 5.41) is 3.06. The van der Waals surface area contributed by atoms with E-state index in [2.05, 4.69) is 51.8 Å². The molecule has 2 aromatic heterocycles. The molecule has 152 valence electrons. The maximum Gasteiger partial charge on any atom is 0.223 e. The van der Waals surface area contributed by atoms with Crippen LogP contribution in [0.4, 0.5) is 5.82 Å². The van der Waals surface area contributed by atoms with Crippen LogP contribution in [0.2, 0.25) is 0 Å². The van der Waals surface area contributed by atoms with E-state index in [-0.39, 0.29) is 11.8 Å². The van der Waals surface area contributed by atoms with Gasteiger partial charge in [-0.2, -0.15) is 0 Å². The molecule has 1 aliphatic rings. The number of nitrogens with zero attached hydrogens (tertiary/aromatic N) is 3. The Morgan fingerprint density at radius 1 is 1.21 bits per heavy atom. The SMILES string of the molecule is CCOCCCNC(=O)C1CCN(c2ncccc2-n2c(C)ccc2C)CC1. The van der Waals surface area contributed by atoms with E-state index in [1.807, 2.05) is 19.2 Å². The molecule has 28 heavy (non-hydrogen) atoms. The molecular formula is C22H32N4O2. The van der Waals surface area contributed by atoms with E-state index >= 15 is 0 Å². The summed E-state index contributed by atoms with van der Waals surface area (Å²) in [6.45, 7) is 10.0. The van der Waals surface area contributed by atoms with Crippen molar-refractivity contribution in [3.8, 4) is 5.69 Å². The third kappa shape index (κ3) is 4.73. The van der Waals surface area contributed by atoms with Crippen LogP contribution in [0.1, 0.15) is 37.6 Å². The summed E-state index contributed by atoms with van der Waals surface area (Å²) in [6, 6.07) is 8.38. The van der Waals surface area contributed by atoms with Crippen LogP contribution in [-0.2, 0) is 9.53 Å². The molecule has 0 aromatic carbocycles. The lowest BCUT2D eigenvalue weighted by Crippen LogP contribution is -2.41. The van der Waals surface area contributed by atoms with E-state index in [1.54, 1.807) is 0 Å². The van der Waals surface area contributed by atoms with Crippen molar-refractivity contribution >= 4 is 11.7 Å². The normalized spacial score (nSPS) is 15.0. The van der Waals surface area contributed by atoms with Gasteiger partial charge in [0.25, 0.3) is 0 Å². The Hall–Kier alpha value is -2.34. The van der Waals surface area contributed by atoms with E-state index in [9.17, 15) is 4.79 Å². The monoisotopic (exact) mass is 384 g/mol. The number of hydrogen-bond acceptors (Lipinski definition) is 4. The van der Waals surface area contributed by atoms with Crippen molar-refractivity contribution in [1.29, 1.82) is 0 Å². The minimum Gasteiger partial charge on any atom is -0.382 e. The molecule has 0 aliphatic carbocycles. The summed E-state index contributed by atoms with van der Waals surface area (Å²) in [5.41, 5.74) is 3.52. The van der Waals surface area contributed by atoms with Crippen LogP contribution in [0.15, 0.2) is 30.5 Å². The van der Waals surface area contributed by atoms with Crippen LogP contribution >= 0.6 is 0 Å². The first-order valence-electron chi connectivity index (χ1n) is 10.3. The lowest BCUT2D eigenvalue weighted by atomic mass is 9.95. The predicted octanol–water partition coefficient (Wildman–Crippen LogP) is 3.25. The highest BCUT2D eigenvalue weighted by atomic mass is 16.5. The molecule has 2 aromatic rings. The van der Waals surface area contributed by atoms with Crippen LogP contribution in [0, 0.1) is 19.8 Å². The molecule has 1 N–H and O–H groups in total. The smallest absolute Gasteiger partial charge is 0.223 e. The van der Waals surface area contributed by atoms with Gasteiger partial charge in [0.1, 0.15) is 0 Å². The van der Waals surface area contributed by atoms with Gasteiger partial charge in [-0.05, 0) is 64.3 Å². The first-order valence-corrected chi connectivity index (χ1v) is 10.3. The number of aromatic nitrogens is 2. The maximum atomic E-state index is 12.4. The molecular weight excluding hydrogens is 352 g/mol. The van der Waals surface area contributed by atoms with Crippen LogP contribution in [0.25, 0.3) is 5.69 Å². The fourth-order valence-electron chi connectivity index (χ4n) is 3.88. The summed E-state index contributed by atoms with van der Waals surface area (Å²) in [7, 11) is 0. The second-order valence-electron chi connectivity index (χ2n) is 7.40. The molecule has 0 spiro atoms. The van der Waals surface area contributed by atoms with Gasteiger partial charge in [-0.3, -0.25) is 4.79 Å². The van der Waals surface area contributed by atoms with Crippen molar-refractivity contribution in [2.45, 2.75) is 40.0 Å². The minimum atomic E-state index is 0.0885. The fraction of sp³-hybridized carbons (Fsp3) is 0.545. The van der Waals surface area contributed by atoms with E-state index in [4.69, 9.17) is 4.74 Å². The lowest BCUT2D eigenvalue weighted by molar-refractivity contribution is -0.125. The molecule has 6 nitrogen and oxygen atoms in total. The van der Waals surface area contributed by atoms with Crippen molar-refractivity contribution in [1.82, 2.24) is 14.9 Å². The Morgan fingerprint density at radius 3 is 2.61 bits per heavy atom. The number of carbonyl (C=O) groups excluding carboxylic acids is 1. The summed E-state index contributed by atoms with van der Waals surface area (Å²) in [4.78, 5) is 19.4. The molecule has 0 atom stereocenters. The number of hydrogen-bond donors (Lipinski definition) is 1. The Kier molecular flexibility index (Phi) is 7.09. The van der Waals surface area contributed by atoms with Gasteiger partial charge in [0, 0.05) is 56.4 Å². The van der Waals surface area contributed by atoms with Crippen molar-refractivity contribution in [3.05, 3.63) is 41.9 Å². The van der Waals surface area contributed by atoms with Gasteiger partial charge in [-0.25, -0.2) is 4.98 Å². The van der Waals surface area contributed by atoms with Crippen LogP contribution in [0.3, 0.4) is 0 Å². The van der Waals surface area contributed by atoms with Crippen molar-refractivity contribution < 1.29 is 9.53 Å². The van der Waals surface area contributed by atoms with Crippen molar-refractivity contribution in [2.75, 3.05) is 37.7 Å².